The van der Waals surface area contributed by atoms with Crippen LogP contribution in [0.4, 0.5) is 0 Å². The molecule has 6 heteroatoms. The zero-order valence-electron chi connectivity index (χ0n) is 11.9. The van der Waals surface area contributed by atoms with E-state index in [0.717, 1.165) is 22.8 Å². The number of hydrogen-bond acceptors (Lipinski definition) is 3. The minimum absolute atomic E-state index is 0.527. The summed E-state index contributed by atoms with van der Waals surface area (Å²) in [6.07, 6.45) is 0. The number of benzene rings is 2. The van der Waals surface area contributed by atoms with Gasteiger partial charge in [0.25, 0.3) is 0 Å². The van der Waals surface area contributed by atoms with Crippen molar-refractivity contribution in [3.05, 3.63) is 58.3 Å². The fraction of sp³-hybridized carbons (Fsp3) is 0.125. The average Bonchev–Trinajstić information content (AvgIpc) is 2.90. The van der Waals surface area contributed by atoms with E-state index in [1.54, 1.807) is 0 Å². The van der Waals surface area contributed by atoms with Crippen LogP contribution >= 0.6 is 23.8 Å². The summed E-state index contributed by atoms with van der Waals surface area (Å²) >= 11 is 11.4. The summed E-state index contributed by atoms with van der Waals surface area (Å²) in [4.78, 5) is 0. The maximum atomic E-state index is 6.07. The largest absolute Gasteiger partial charge is 0.494 e. The van der Waals surface area contributed by atoms with Gasteiger partial charge in [0.2, 0.25) is 0 Å². The van der Waals surface area contributed by atoms with E-state index in [9.17, 15) is 0 Å². The van der Waals surface area contributed by atoms with Crippen molar-refractivity contribution in [1.29, 1.82) is 0 Å². The Morgan fingerprint density at radius 1 is 1.23 bits per heavy atom. The molecular formula is C16H14ClN3OS. The quantitative estimate of drug-likeness (QED) is 0.708. The molecule has 0 unspecified atom stereocenters. The number of aromatic nitrogens is 3. The molecule has 1 aromatic heterocycles. The van der Waals surface area contributed by atoms with Crippen molar-refractivity contribution in [2.24, 2.45) is 0 Å². The summed E-state index contributed by atoms with van der Waals surface area (Å²) in [6.45, 7) is 2.59. The average molecular weight is 332 g/mol. The van der Waals surface area contributed by atoms with Gasteiger partial charge in [-0.25, -0.2) is 0 Å². The topological polar surface area (TPSA) is 42.8 Å². The summed E-state index contributed by atoms with van der Waals surface area (Å²) in [6, 6.07) is 15.2. The van der Waals surface area contributed by atoms with Crippen molar-refractivity contribution in [3.63, 3.8) is 0 Å². The van der Waals surface area contributed by atoms with E-state index in [1.165, 1.54) is 0 Å². The van der Waals surface area contributed by atoms with Gasteiger partial charge >= 0.3 is 0 Å². The molecule has 1 heterocycles. The van der Waals surface area contributed by atoms with E-state index >= 15 is 0 Å². The van der Waals surface area contributed by atoms with Crippen molar-refractivity contribution in [3.8, 4) is 22.8 Å². The van der Waals surface area contributed by atoms with Crippen LogP contribution < -0.4 is 4.74 Å². The third kappa shape index (κ3) is 2.91. The Kier molecular flexibility index (Phi) is 4.27. The Balaban J connectivity index is 2.08. The molecule has 2 aromatic carbocycles. The Morgan fingerprint density at radius 3 is 2.68 bits per heavy atom. The first-order chi connectivity index (χ1) is 10.7. The molecule has 0 amide bonds. The molecule has 0 saturated carbocycles. The maximum Gasteiger partial charge on any atom is 0.200 e. The first kappa shape index (κ1) is 14.8. The Labute approximate surface area is 138 Å². The monoisotopic (exact) mass is 331 g/mol. The van der Waals surface area contributed by atoms with Gasteiger partial charge in [-0.05, 0) is 55.5 Å². The minimum atomic E-state index is 0.527. The number of halogens is 1. The third-order valence-electron chi connectivity index (χ3n) is 3.16. The standard InChI is InChI=1S/C16H14ClN3OS/c1-2-21-14-8-6-13(7-9-14)20-15(18-19-16(20)22)11-4-3-5-12(17)10-11/h3-10H,2H2,1H3,(H,19,22). The van der Waals surface area contributed by atoms with Gasteiger partial charge in [0.1, 0.15) is 5.75 Å². The molecule has 3 rings (SSSR count). The van der Waals surface area contributed by atoms with Crippen molar-refractivity contribution in [1.82, 2.24) is 14.8 Å². The van der Waals surface area contributed by atoms with E-state index in [-0.39, 0.29) is 0 Å². The number of rotatable bonds is 4. The first-order valence-electron chi connectivity index (χ1n) is 6.85. The van der Waals surface area contributed by atoms with Crippen LogP contribution in [0.3, 0.4) is 0 Å². The highest BCUT2D eigenvalue weighted by Gasteiger charge is 2.11. The van der Waals surface area contributed by atoms with E-state index in [0.29, 0.717) is 16.4 Å². The predicted octanol–water partition coefficient (Wildman–Crippen LogP) is 4.65. The lowest BCUT2D eigenvalue weighted by Gasteiger charge is -2.08. The van der Waals surface area contributed by atoms with Crippen LogP contribution in [0.25, 0.3) is 17.1 Å². The van der Waals surface area contributed by atoms with E-state index < -0.39 is 0 Å². The normalized spacial score (nSPS) is 10.6. The predicted molar refractivity (Wildman–Crippen MR) is 90.4 cm³/mol. The van der Waals surface area contributed by atoms with Crippen LogP contribution in [-0.2, 0) is 0 Å². The van der Waals surface area contributed by atoms with Crippen molar-refractivity contribution in [2.75, 3.05) is 6.61 Å². The number of ether oxygens (including phenoxy) is 1. The van der Waals surface area contributed by atoms with Gasteiger partial charge in [0, 0.05) is 10.6 Å². The number of H-pyrrole nitrogens is 1. The van der Waals surface area contributed by atoms with Gasteiger partial charge in [-0.1, -0.05) is 23.7 Å². The fourth-order valence-corrected chi connectivity index (χ4v) is 2.64. The molecular weight excluding hydrogens is 318 g/mol. The Hall–Kier alpha value is -2.11. The molecule has 112 valence electrons. The van der Waals surface area contributed by atoms with Gasteiger partial charge in [-0.2, -0.15) is 5.10 Å². The summed E-state index contributed by atoms with van der Waals surface area (Å²) in [5.74, 6) is 1.54. The molecule has 0 fully saturated rings. The second-order valence-corrected chi connectivity index (χ2v) is 5.45. The summed E-state index contributed by atoms with van der Waals surface area (Å²) in [5, 5.41) is 7.81. The lowest BCUT2D eigenvalue weighted by Crippen LogP contribution is -1.98. The van der Waals surface area contributed by atoms with Crippen molar-refractivity contribution in [2.45, 2.75) is 6.92 Å². The molecule has 4 nitrogen and oxygen atoms in total. The maximum absolute atomic E-state index is 6.07. The SMILES string of the molecule is CCOc1ccc(-n2c(-c3cccc(Cl)c3)n[nH]c2=S)cc1. The highest BCUT2D eigenvalue weighted by molar-refractivity contribution is 7.71. The molecule has 0 spiro atoms. The Morgan fingerprint density at radius 2 is 2.00 bits per heavy atom. The zero-order valence-corrected chi connectivity index (χ0v) is 13.5. The second kappa shape index (κ2) is 6.34. The molecule has 0 saturated heterocycles. The molecule has 22 heavy (non-hydrogen) atoms. The summed E-state index contributed by atoms with van der Waals surface area (Å²) in [5.41, 5.74) is 1.81. The zero-order chi connectivity index (χ0) is 15.5. The Bertz CT molecular complexity index is 839. The number of hydrogen-bond donors (Lipinski definition) is 1. The van der Waals surface area contributed by atoms with Crippen LogP contribution in [0.5, 0.6) is 5.75 Å². The summed E-state index contributed by atoms with van der Waals surface area (Å²) < 4.78 is 7.86. The molecule has 0 radical (unpaired) electrons. The minimum Gasteiger partial charge on any atom is -0.494 e. The lowest BCUT2D eigenvalue weighted by molar-refractivity contribution is 0.340. The van der Waals surface area contributed by atoms with Crippen LogP contribution in [0.15, 0.2) is 48.5 Å². The van der Waals surface area contributed by atoms with Crippen LogP contribution in [0.2, 0.25) is 5.02 Å². The molecule has 3 aromatic rings. The summed E-state index contributed by atoms with van der Waals surface area (Å²) in [7, 11) is 0. The van der Waals surface area contributed by atoms with Gasteiger partial charge in [-0.15, -0.1) is 0 Å². The van der Waals surface area contributed by atoms with Crippen LogP contribution in [0, 0.1) is 4.77 Å². The highest BCUT2D eigenvalue weighted by atomic mass is 35.5. The number of nitrogens with one attached hydrogen (secondary N) is 1. The van der Waals surface area contributed by atoms with Gasteiger partial charge in [0.15, 0.2) is 10.6 Å². The molecule has 0 bridgehead atoms. The number of aromatic amines is 1. The molecule has 0 aliphatic rings. The van der Waals surface area contributed by atoms with E-state index in [1.807, 2.05) is 60.0 Å². The molecule has 0 atom stereocenters. The third-order valence-corrected chi connectivity index (χ3v) is 3.67. The molecule has 0 aliphatic heterocycles. The van der Waals surface area contributed by atoms with E-state index in [2.05, 4.69) is 10.2 Å². The van der Waals surface area contributed by atoms with Gasteiger partial charge in [0.05, 0.1) is 12.3 Å². The smallest absolute Gasteiger partial charge is 0.200 e. The highest BCUT2D eigenvalue weighted by Crippen LogP contribution is 2.25. The van der Waals surface area contributed by atoms with Crippen molar-refractivity contribution >= 4 is 23.8 Å². The van der Waals surface area contributed by atoms with Crippen LogP contribution in [0.1, 0.15) is 6.92 Å². The van der Waals surface area contributed by atoms with Gasteiger partial charge in [-0.3, -0.25) is 9.67 Å². The van der Waals surface area contributed by atoms with E-state index in [4.69, 9.17) is 28.6 Å². The number of nitrogens with zero attached hydrogens (tertiary/aromatic N) is 2. The van der Waals surface area contributed by atoms with Crippen LogP contribution in [-0.4, -0.2) is 21.4 Å². The second-order valence-electron chi connectivity index (χ2n) is 4.63. The fourth-order valence-electron chi connectivity index (χ4n) is 2.22. The first-order valence-corrected chi connectivity index (χ1v) is 7.64. The lowest BCUT2D eigenvalue weighted by atomic mass is 10.2. The van der Waals surface area contributed by atoms with Crippen molar-refractivity contribution < 1.29 is 4.74 Å². The van der Waals surface area contributed by atoms with Gasteiger partial charge < -0.3 is 4.74 Å². The molecule has 0 aliphatic carbocycles. The molecule has 1 N–H and O–H groups in total.